The van der Waals surface area contributed by atoms with E-state index in [0.29, 0.717) is 18.8 Å². The third kappa shape index (κ3) is 3.76. The van der Waals surface area contributed by atoms with Gasteiger partial charge in [-0.3, -0.25) is 4.79 Å². The van der Waals surface area contributed by atoms with Gasteiger partial charge >= 0.3 is 0 Å². The third-order valence-electron chi connectivity index (χ3n) is 3.45. The number of carbonyl (C=O) groups excluding carboxylic acids is 1. The molecular formula is C12H24N2O2. The summed E-state index contributed by atoms with van der Waals surface area (Å²) >= 11 is 0. The number of carbonyl (C=O) groups is 1. The number of aliphatic hydroxyl groups is 1. The third-order valence-corrected chi connectivity index (χ3v) is 3.45. The van der Waals surface area contributed by atoms with Gasteiger partial charge in [-0.05, 0) is 31.6 Å². The van der Waals surface area contributed by atoms with Crippen molar-refractivity contribution < 1.29 is 9.90 Å². The van der Waals surface area contributed by atoms with Crippen LogP contribution in [-0.2, 0) is 4.79 Å². The number of nitrogens with two attached hydrogens (primary N) is 1. The number of aliphatic hydroxyl groups excluding tert-OH is 1. The average molecular weight is 228 g/mol. The first-order valence-corrected chi connectivity index (χ1v) is 6.16. The highest BCUT2D eigenvalue weighted by Gasteiger charge is 2.35. The lowest BCUT2D eigenvalue weighted by atomic mass is 9.75. The first kappa shape index (κ1) is 13.5. The molecule has 0 spiro atoms. The molecule has 4 nitrogen and oxygen atoms in total. The predicted octanol–water partition coefficient (Wildman–Crippen LogP) is 0.781. The van der Waals surface area contributed by atoms with Crippen LogP contribution in [0.1, 0.15) is 46.0 Å². The molecular weight excluding hydrogens is 204 g/mol. The molecule has 94 valence electrons. The summed E-state index contributed by atoms with van der Waals surface area (Å²) < 4.78 is 0. The van der Waals surface area contributed by atoms with Crippen LogP contribution in [0.2, 0.25) is 0 Å². The maximum atomic E-state index is 11.8. The quantitative estimate of drug-likeness (QED) is 0.629. The smallest absolute Gasteiger partial charge is 0.222 e. The molecule has 0 aromatic carbocycles. The number of hydrogen-bond acceptors (Lipinski definition) is 3. The van der Waals surface area contributed by atoms with E-state index in [2.05, 4.69) is 5.32 Å². The summed E-state index contributed by atoms with van der Waals surface area (Å²) in [5, 5.41) is 11.9. The fourth-order valence-electron chi connectivity index (χ4n) is 2.10. The highest BCUT2D eigenvalue weighted by atomic mass is 16.3. The molecule has 1 atom stereocenters. The summed E-state index contributed by atoms with van der Waals surface area (Å²) in [7, 11) is 0. The van der Waals surface area contributed by atoms with Crippen LogP contribution in [0.25, 0.3) is 0 Å². The molecule has 16 heavy (non-hydrogen) atoms. The molecule has 0 aliphatic heterocycles. The lowest BCUT2D eigenvalue weighted by Gasteiger charge is -2.38. The van der Waals surface area contributed by atoms with E-state index in [1.54, 1.807) is 0 Å². The lowest BCUT2D eigenvalue weighted by molar-refractivity contribution is -0.124. The van der Waals surface area contributed by atoms with E-state index in [1.807, 2.05) is 13.8 Å². The Kier molecular flexibility index (Phi) is 4.74. The van der Waals surface area contributed by atoms with E-state index >= 15 is 0 Å². The van der Waals surface area contributed by atoms with E-state index in [4.69, 9.17) is 10.8 Å². The monoisotopic (exact) mass is 228 g/mol. The number of rotatable bonds is 6. The Balaban J connectivity index is 2.36. The van der Waals surface area contributed by atoms with Crippen molar-refractivity contribution in [2.45, 2.75) is 57.5 Å². The first-order valence-electron chi connectivity index (χ1n) is 6.16. The van der Waals surface area contributed by atoms with Crippen molar-refractivity contribution in [3.63, 3.8) is 0 Å². The molecule has 4 heteroatoms. The van der Waals surface area contributed by atoms with Gasteiger partial charge in [0.1, 0.15) is 0 Å². The second-order valence-corrected chi connectivity index (χ2v) is 5.32. The SMILES string of the molecule is CC(C)C(CCO)NC(=O)CC1(N)CCC1. The fourth-order valence-corrected chi connectivity index (χ4v) is 2.10. The predicted molar refractivity (Wildman–Crippen MR) is 63.9 cm³/mol. The molecule has 0 bridgehead atoms. The van der Waals surface area contributed by atoms with Crippen LogP contribution in [0, 0.1) is 5.92 Å². The van der Waals surface area contributed by atoms with Gasteiger partial charge in [-0.15, -0.1) is 0 Å². The van der Waals surface area contributed by atoms with Crippen LogP contribution in [0.15, 0.2) is 0 Å². The zero-order chi connectivity index (χ0) is 12.2. The minimum Gasteiger partial charge on any atom is -0.396 e. The van der Waals surface area contributed by atoms with Gasteiger partial charge in [0, 0.05) is 24.6 Å². The molecule has 0 radical (unpaired) electrons. The molecule has 1 fully saturated rings. The highest BCUT2D eigenvalue weighted by molar-refractivity contribution is 5.77. The molecule has 0 saturated heterocycles. The molecule has 1 unspecified atom stereocenters. The number of hydrogen-bond donors (Lipinski definition) is 3. The van der Waals surface area contributed by atoms with Crippen LogP contribution >= 0.6 is 0 Å². The molecule has 1 saturated carbocycles. The Morgan fingerprint density at radius 2 is 2.12 bits per heavy atom. The van der Waals surface area contributed by atoms with E-state index in [0.717, 1.165) is 19.3 Å². The van der Waals surface area contributed by atoms with Crippen LogP contribution in [0.4, 0.5) is 0 Å². The topological polar surface area (TPSA) is 75.3 Å². The van der Waals surface area contributed by atoms with E-state index in [-0.39, 0.29) is 24.1 Å². The summed E-state index contributed by atoms with van der Waals surface area (Å²) in [4.78, 5) is 11.8. The van der Waals surface area contributed by atoms with Gasteiger partial charge in [0.25, 0.3) is 0 Å². The number of amides is 1. The van der Waals surface area contributed by atoms with Crippen molar-refractivity contribution in [2.24, 2.45) is 11.7 Å². The molecule has 1 aliphatic rings. The minimum absolute atomic E-state index is 0.0225. The van der Waals surface area contributed by atoms with Crippen molar-refractivity contribution in [2.75, 3.05) is 6.61 Å². The van der Waals surface area contributed by atoms with Gasteiger partial charge < -0.3 is 16.2 Å². The molecule has 1 amide bonds. The van der Waals surface area contributed by atoms with Gasteiger partial charge in [0.05, 0.1) is 0 Å². The van der Waals surface area contributed by atoms with Crippen molar-refractivity contribution in [1.29, 1.82) is 0 Å². The summed E-state index contributed by atoms with van der Waals surface area (Å²) in [5.41, 5.74) is 5.76. The van der Waals surface area contributed by atoms with Crippen molar-refractivity contribution in [3.8, 4) is 0 Å². The minimum atomic E-state index is -0.259. The van der Waals surface area contributed by atoms with Crippen LogP contribution in [0.5, 0.6) is 0 Å². The zero-order valence-corrected chi connectivity index (χ0v) is 10.3. The van der Waals surface area contributed by atoms with Crippen molar-refractivity contribution >= 4 is 5.91 Å². The molecule has 0 aromatic rings. The van der Waals surface area contributed by atoms with Crippen molar-refractivity contribution in [3.05, 3.63) is 0 Å². The van der Waals surface area contributed by atoms with E-state index < -0.39 is 0 Å². The maximum absolute atomic E-state index is 11.8. The standard InChI is InChI=1S/C12H24N2O2/c1-9(2)10(4-7-15)14-11(16)8-12(13)5-3-6-12/h9-10,15H,3-8,13H2,1-2H3,(H,14,16). The number of nitrogens with one attached hydrogen (secondary N) is 1. The Bertz CT molecular complexity index is 237. The molecule has 1 aliphatic carbocycles. The summed E-state index contributed by atoms with van der Waals surface area (Å²) in [5.74, 6) is 0.362. The molecule has 0 heterocycles. The van der Waals surface area contributed by atoms with Gasteiger partial charge in [-0.1, -0.05) is 13.8 Å². The maximum Gasteiger partial charge on any atom is 0.222 e. The average Bonchev–Trinajstić information content (AvgIpc) is 2.14. The Hall–Kier alpha value is -0.610. The lowest BCUT2D eigenvalue weighted by Crippen LogP contribution is -2.51. The van der Waals surface area contributed by atoms with Gasteiger partial charge in [0.15, 0.2) is 0 Å². The van der Waals surface area contributed by atoms with Gasteiger partial charge in [-0.25, -0.2) is 0 Å². The zero-order valence-electron chi connectivity index (χ0n) is 10.3. The second kappa shape index (κ2) is 5.64. The van der Waals surface area contributed by atoms with E-state index in [9.17, 15) is 4.79 Å². The van der Waals surface area contributed by atoms with Crippen molar-refractivity contribution in [1.82, 2.24) is 5.32 Å². The summed E-state index contributed by atoms with van der Waals surface area (Å²) in [6.45, 7) is 4.20. The molecule has 4 N–H and O–H groups in total. The van der Waals surface area contributed by atoms with E-state index in [1.165, 1.54) is 0 Å². The largest absolute Gasteiger partial charge is 0.396 e. The van der Waals surface area contributed by atoms with Gasteiger partial charge in [-0.2, -0.15) is 0 Å². The Morgan fingerprint density at radius 1 is 1.50 bits per heavy atom. The van der Waals surface area contributed by atoms with Crippen LogP contribution in [0.3, 0.4) is 0 Å². The highest BCUT2D eigenvalue weighted by Crippen LogP contribution is 2.32. The second-order valence-electron chi connectivity index (χ2n) is 5.32. The Morgan fingerprint density at radius 3 is 2.50 bits per heavy atom. The summed E-state index contributed by atoms with van der Waals surface area (Å²) in [6, 6.07) is 0.0566. The first-order chi connectivity index (χ1) is 7.47. The normalized spacial score (nSPS) is 20.3. The molecule has 1 rings (SSSR count). The molecule has 0 aromatic heterocycles. The fraction of sp³-hybridized carbons (Fsp3) is 0.917. The van der Waals surface area contributed by atoms with Gasteiger partial charge in [0.2, 0.25) is 5.91 Å². The Labute approximate surface area is 97.6 Å². The van der Waals surface area contributed by atoms with Crippen LogP contribution in [-0.4, -0.2) is 29.2 Å². The van der Waals surface area contributed by atoms with Crippen LogP contribution < -0.4 is 11.1 Å². The summed E-state index contributed by atoms with van der Waals surface area (Å²) in [6.07, 6.45) is 4.07.